The van der Waals surface area contributed by atoms with Crippen molar-refractivity contribution in [2.24, 2.45) is 5.92 Å². The van der Waals surface area contributed by atoms with E-state index in [-0.39, 0.29) is 30.7 Å². The van der Waals surface area contributed by atoms with Gasteiger partial charge in [0.05, 0.1) is 6.42 Å². The van der Waals surface area contributed by atoms with Gasteiger partial charge in [0.2, 0.25) is 11.9 Å². The maximum atomic E-state index is 12.8. The number of carbonyl (C=O) groups excluding carboxylic acids is 1. The first-order valence-corrected chi connectivity index (χ1v) is 10.4. The molecular formula is C22H31Cl2N5O. The molecule has 2 aliphatic heterocycles. The summed E-state index contributed by atoms with van der Waals surface area (Å²) < 4.78 is 0. The molecule has 0 bridgehead atoms. The molecule has 0 spiro atoms. The number of nitrogens with one attached hydrogen (secondary N) is 1. The van der Waals surface area contributed by atoms with Crippen LogP contribution in [0.4, 0.5) is 5.95 Å². The Kier molecular flexibility index (Phi) is 9.82. The lowest BCUT2D eigenvalue weighted by molar-refractivity contribution is -0.130. The topological polar surface area (TPSA) is 61.4 Å². The number of hydrogen-bond donors (Lipinski definition) is 1. The van der Waals surface area contributed by atoms with Gasteiger partial charge in [-0.25, -0.2) is 9.97 Å². The van der Waals surface area contributed by atoms with Crippen molar-refractivity contribution >= 4 is 36.7 Å². The van der Waals surface area contributed by atoms with Gasteiger partial charge in [-0.3, -0.25) is 4.79 Å². The van der Waals surface area contributed by atoms with Crippen LogP contribution in [0.15, 0.2) is 42.7 Å². The highest BCUT2D eigenvalue weighted by Crippen LogP contribution is 2.17. The van der Waals surface area contributed by atoms with E-state index < -0.39 is 0 Å². The van der Waals surface area contributed by atoms with Gasteiger partial charge in [0, 0.05) is 38.6 Å². The quantitative estimate of drug-likeness (QED) is 0.756. The summed E-state index contributed by atoms with van der Waals surface area (Å²) in [5.74, 6) is 1.72. The Morgan fingerprint density at radius 3 is 2.43 bits per heavy atom. The minimum atomic E-state index is 0. The van der Waals surface area contributed by atoms with Crippen molar-refractivity contribution in [2.75, 3.05) is 44.2 Å². The van der Waals surface area contributed by atoms with Crippen molar-refractivity contribution < 1.29 is 4.79 Å². The van der Waals surface area contributed by atoms with Gasteiger partial charge in [0.25, 0.3) is 0 Å². The summed E-state index contributed by atoms with van der Waals surface area (Å²) in [5, 5.41) is 3.42. The fourth-order valence-corrected chi connectivity index (χ4v) is 4.12. The molecule has 6 nitrogen and oxygen atoms in total. The summed E-state index contributed by atoms with van der Waals surface area (Å²) in [5.41, 5.74) is 2.48. The van der Waals surface area contributed by atoms with E-state index in [1.165, 1.54) is 12.0 Å². The number of benzene rings is 1. The summed E-state index contributed by atoms with van der Waals surface area (Å²) in [4.78, 5) is 25.6. The van der Waals surface area contributed by atoms with Crippen LogP contribution in [0.3, 0.4) is 0 Å². The van der Waals surface area contributed by atoms with Crippen molar-refractivity contribution in [2.45, 2.75) is 25.7 Å². The number of nitrogens with zero attached hydrogens (tertiary/aromatic N) is 4. The molecule has 0 aliphatic carbocycles. The monoisotopic (exact) mass is 451 g/mol. The third-order valence-corrected chi connectivity index (χ3v) is 5.75. The molecular weight excluding hydrogens is 421 g/mol. The number of amides is 1. The van der Waals surface area contributed by atoms with E-state index in [9.17, 15) is 4.79 Å². The van der Waals surface area contributed by atoms with Crippen LogP contribution in [0.5, 0.6) is 0 Å². The van der Waals surface area contributed by atoms with Crippen LogP contribution in [0.1, 0.15) is 24.0 Å². The van der Waals surface area contributed by atoms with Crippen LogP contribution in [0.2, 0.25) is 0 Å². The van der Waals surface area contributed by atoms with Crippen LogP contribution in [-0.4, -0.2) is 60.0 Å². The summed E-state index contributed by atoms with van der Waals surface area (Å²) in [6.45, 7) is 5.46. The first kappa shape index (κ1) is 24.4. The van der Waals surface area contributed by atoms with Crippen molar-refractivity contribution in [1.82, 2.24) is 20.2 Å². The number of carbonyl (C=O) groups is 1. The lowest BCUT2D eigenvalue weighted by Crippen LogP contribution is -2.36. The highest BCUT2D eigenvalue weighted by atomic mass is 35.5. The Morgan fingerprint density at radius 1 is 1.00 bits per heavy atom. The van der Waals surface area contributed by atoms with Gasteiger partial charge in [-0.1, -0.05) is 24.3 Å². The molecule has 0 radical (unpaired) electrons. The van der Waals surface area contributed by atoms with Crippen molar-refractivity contribution in [3.8, 4) is 0 Å². The first-order chi connectivity index (χ1) is 13.8. The average Bonchev–Trinajstić information content (AvgIpc) is 3.11. The molecule has 2 fully saturated rings. The minimum Gasteiger partial charge on any atom is -0.341 e. The first-order valence-electron chi connectivity index (χ1n) is 10.4. The Bertz CT molecular complexity index is 769. The van der Waals surface area contributed by atoms with Gasteiger partial charge in [-0.2, -0.15) is 0 Å². The van der Waals surface area contributed by atoms with Crippen molar-refractivity contribution in [3.05, 3.63) is 53.9 Å². The molecule has 2 aromatic rings. The second-order valence-electron chi connectivity index (χ2n) is 7.83. The van der Waals surface area contributed by atoms with E-state index in [1.54, 1.807) is 12.4 Å². The lowest BCUT2D eigenvalue weighted by atomic mass is 9.97. The molecule has 1 N–H and O–H groups in total. The molecule has 1 unspecified atom stereocenters. The predicted molar refractivity (Wildman–Crippen MR) is 125 cm³/mol. The Labute approximate surface area is 191 Å². The Morgan fingerprint density at radius 2 is 1.73 bits per heavy atom. The zero-order valence-electron chi connectivity index (χ0n) is 17.2. The van der Waals surface area contributed by atoms with E-state index in [2.05, 4.69) is 44.5 Å². The smallest absolute Gasteiger partial charge is 0.227 e. The van der Waals surface area contributed by atoms with Gasteiger partial charge >= 0.3 is 0 Å². The van der Waals surface area contributed by atoms with E-state index >= 15 is 0 Å². The van der Waals surface area contributed by atoms with E-state index in [1.807, 2.05) is 11.0 Å². The van der Waals surface area contributed by atoms with Gasteiger partial charge in [0.15, 0.2) is 0 Å². The fourth-order valence-electron chi connectivity index (χ4n) is 4.12. The summed E-state index contributed by atoms with van der Waals surface area (Å²) in [6, 6.07) is 10.5. The average molecular weight is 452 g/mol. The SMILES string of the molecule is Cl.Cl.O=C(Cc1ccc(CC2CCNC2)cc1)N1CCCN(c2ncccn2)CC1. The highest BCUT2D eigenvalue weighted by Gasteiger charge is 2.20. The lowest BCUT2D eigenvalue weighted by Gasteiger charge is -2.22. The van der Waals surface area contributed by atoms with Crippen LogP contribution >= 0.6 is 24.8 Å². The highest BCUT2D eigenvalue weighted by molar-refractivity contribution is 5.85. The normalized spacial score (nSPS) is 18.9. The zero-order chi connectivity index (χ0) is 19.2. The van der Waals surface area contributed by atoms with Crippen LogP contribution < -0.4 is 10.2 Å². The third-order valence-electron chi connectivity index (χ3n) is 5.75. The maximum absolute atomic E-state index is 12.8. The number of halogens is 2. The number of hydrogen-bond acceptors (Lipinski definition) is 5. The minimum absolute atomic E-state index is 0. The summed E-state index contributed by atoms with van der Waals surface area (Å²) >= 11 is 0. The number of rotatable bonds is 5. The van der Waals surface area contributed by atoms with Gasteiger partial charge in [-0.05, 0) is 55.5 Å². The molecule has 1 atom stereocenters. The second-order valence-corrected chi connectivity index (χ2v) is 7.83. The largest absolute Gasteiger partial charge is 0.341 e. The van der Waals surface area contributed by atoms with Crippen molar-refractivity contribution in [1.29, 1.82) is 0 Å². The van der Waals surface area contributed by atoms with E-state index in [0.29, 0.717) is 6.42 Å². The summed E-state index contributed by atoms with van der Waals surface area (Å²) in [7, 11) is 0. The van der Waals surface area contributed by atoms with Gasteiger partial charge in [-0.15, -0.1) is 24.8 Å². The van der Waals surface area contributed by atoms with Crippen LogP contribution in [0.25, 0.3) is 0 Å². The number of aromatic nitrogens is 2. The Balaban J connectivity index is 0.00000160. The molecule has 1 aromatic carbocycles. The fraction of sp³-hybridized carbons (Fsp3) is 0.500. The number of anilines is 1. The molecule has 1 amide bonds. The van der Waals surface area contributed by atoms with Gasteiger partial charge < -0.3 is 15.1 Å². The summed E-state index contributed by atoms with van der Waals surface area (Å²) in [6.07, 6.45) is 7.35. The molecule has 164 valence electrons. The van der Waals surface area contributed by atoms with Gasteiger partial charge in [0.1, 0.15) is 0 Å². The second kappa shape index (κ2) is 12.1. The molecule has 4 rings (SSSR count). The molecule has 30 heavy (non-hydrogen) atoms. The molecule has 8 heteroatoms. The van der Waals surface area contributed by atoms with E-state index in [0.717, 1.165) is 69.5 Å². The molecule has 2 aliphatic rings. The Hall–Kier alpha value is -1.89. The third kappa shape index (κ3) is 6.56. The molecule has 0 saturated carbocycles. The van der Waals surface area contributed by atoms with Crippen molar-refractivity contribution in [3.63, 3.8) is 0 Å². The molecule has 3 heterocycles. The standard InChI is InChI=1S/C22H29N5O.2ClH/c28-21(16-19-5-3-18(4-6-19)15-20-7-10-23-17-20)26-11-2-12-27(14-13-26)22-24-8-1-9-25-22;;/h1,3-6,8-9,20,23H,2,7,10-17H2;2*1H. The maximum Gasteiger partial charge on any atom is 0.227 e. The predicted octanol–water partition coefficient (Wildman–Crippen LogP) is 2.75. The van der Waals surface area contributed by atoms with Crippen LogP contribution in [0, 0.1) is 5.92 Å². The molecule has 1 aromatic heterocycles. The molecule has 2 saturated heterocycles. The van der Waals surface area contributed by atoms with E-state index in [4.69, 9.17) is 0 Å². The van der Waals surface area contributed by atoms with Crippen LogP contribution in [-0.2, 0) is 17.6 Å². The zero-order valence-corrected chi connectivity index (χ0v) is 18.8.